The molecule has 0 saturated carbocycles. The minimum absolute atomic E-state index is 0.211. The molecule has 8 heteroatoms. The molecule has 194 valence electrons. The fourth-order valence-corrected chi connectivity index (χ4v) is 5.87. The lowest BCUT2D eigenvalue weighted by atomic mass is 9.90. The number of ether oxygens (including phenoxy) is 2. The third-order valence-corrected chi connectivity index (χ3v) is 7.63. The largest absolute Gasteiger partial charge is 0.496 e. The normalized spacial score (nSPS) is 15.3. The molecule has 0 saturated heterocycles. The van der Waals surface area contributed by atoms with E-state index < -0.39 is 12.0 Å². The van der Waals surface area contributed by atoms with Crippen LogP contribution < -0.4 is 24.5 Å². The molecule has 0 radical (unpaired) electrons. The van der Waals surface area contributed by atoms with Crippen molar-refractivity contribution in [2.75, 3.05) is 32.7 Å². The van der Waals surface area contributed by atoms with Crippen molar-refractivity contribution in [3.8, 4) is 5.75 Å². The number of allylic oxidation sites excluding steroid dienone is 1. The summed E-state index contributed by atoms with van der Waals surface area (Å²) < 4.78 is 13.4. The Labute approximate surface area is 224 Å². The highest BCUT2D eigenvalue weighted by atomic mass is 32.1. The highest BCUT2D eigenvalue weighted by molar-refractivity contribution is 7.07. The van der Waals surface area contributed by atoms with Gasteiger partial charge in [-0.2, -0.15) is 0 Å². The summed E-state index contributed by atoms with van der Waals surface area (Å²) in [5.74, 6) is 0.0846. The van der Waals surface area contributed by atoms with E-state index in [0.29, 0.717) is 26.4 Å². The van der Waals surface area contributed by atoms with E-state index in [-0.39, 0.29) is 12.2 Å². The second kappa shape index (κ2) is 10.3. The highest BCUT2D eigenvalue weighted by Crippen LogP contribution is 2.40. The number of methoxy groups -OCH3 is 1. The Kier molecular flexibility index (Phi) is 6.91. The number of thiazole rings is 1. The standard InChI is InChI=1S/C30H29N3O4S/c1-6-37-29(35)25-18(2)31-30-33(27(25)26-22-10-8-7-9-20(22)13-16-23(26)36-5)28(34)24(38-30)17-19-11-14-21(15-12-19)32(3)4/h7-17,27H,6H2,1-5H3/b24-17-/t27-/m1/s1. The van der Waals surface area contributed by atoms with Crippen LogP contribution in [0.2, 0.25) is 0 Å². The van der Waals surface area contributed by atoms with Crippen molar-refractivity contribution in [2.45, 2.75) is 19.9 Å². The van der Waals surface area contributed by atoms with E-state index >= 15 is 0 Å². The number of hydrogen-bond donors (Lipinski definition) is 0. The zero-order chi connectivity index (χ0) is 27.0. The monoisotopic (exact) mass is 527 g/mol. The summed E-state index contributed by atoms with van der Waals surface area (Å²) >= 11 is 1.31. The van der Waals surface area contributed by atoms with Crippen LogP contribution in [0.3, 0.4) is 0 Å². The first-order valence-electron chi connectivity index (χ1n) is 12.4. The maximum Gasteiger partial charge on any atom is 0.338 e. The van der Waals surface area contributed by atoms with Gasteiger partial charge >= 0.3 is 5.97 Å². The van der Waals surface area contributed by atoms with Gasteiger partial charge in [0.1, 0.15) is 11.8 Å². The second-order valence-corrected chi connectivity index (χ2v) is 10.2. The third kappa shape index (κ3) is 4.41. The summed E-state index contributed by atoms with van der Waals surface area (Å²) in [5.41, 5.74) is 3.33. The smallest absolute Gasteiger partial charge is 0.338 e. The number of fused-ring (bicyclic) bond motifs is 2. The van der Waals surface area contributed by atoms with Crippen LogP contribution in [0.4, 0.5) is 5.69 Å². The van der Waals surface area contributed by atoms with E-state index in [1.807, 2.05) is 85.7 Å². The maximum atomic E-state index is 14.0. The Balaban J connectivity index is 1.80. The van der Waals surface area contributed by atoms with Crippen LogP contribution in [-0.4, -0.2) is 38.3 Å². The molecular formula is C30H29N3O4S. The van der Waals surface area contributed by atoms with Crippen LogP contribution in [0, 0.1) is 0 Å². The summed E-state index contributed by atoms with van der Waals surface area (Å²) in [6.45, 7) is 3.76. The molecule has 1 aromatic heterocycles. The van der Waals surface area contributed by atoms with Crippen molar-refractivity contribution in [2.24, 2.45) is 4.99 Å². The molecule has 7 nitrogen and oxygen atoms in total. The Morgan fingerprint density at radius 3 is 2.53 bits per heavy atom. The summed E-state index contributed by atoms with van der Waals surface area (Å²) in [4.78, 5) is 34.6. The number of anilines is 1. The Morgan fingerprint density at radius 1 is 1.11 bits per heavy atom. The molecule has 4 aromatic rings. The van der Waals surface area contributed by atoms with Crippen LogP contribution in [-0.2, 0) is 9.53 Å². The number of esters is 1. The summed E-state index contributed by atoms with van der Waals surface area (Å²) in [6.07, 6.45) is 1.87. The lowest BCUT2D eigenvalue weighted by molar-refractivity contribution is -0.139. The van der Waals surface area contributed by atoms with Gasteiger partial charge in [0.05, 0.1) is 29.5 Å². The average molecular weight is 528 g/mol. The minimum atomic E-state index is -0.760. The van der Waals surface area contributed by atoms with E-state index in [1.54, 1.807) is 25.5 Å². The fourth-order valence-electron chi connectivity index (χ4n) is 4.82. The molecule has 0 aliphatic carbocycles. The minimum Gasteiger partial charge on any atom is -0.496 e. The molecule has 1 aliphatic rings. The van der Waals surface area contributed by atoms with Crippen LogP contribution >= 0.6 is 11.3 Å². The van der Waals surface area contributed by atoms with Gasteiger partial charge in [0.25, 0.3) is 5.56 Å². The van der Waals surface area contributed by atoms with Crippen LogP contribution in [0.5, 0.6) is 5.75 Å². The van der Waals surface area contributed by atoms with E-state index in [2.05, 4.69) is 0 Å². The number of carbonyl (C=O) groups is 1. The molecule has 2 heterocycles. The zero-order valence-corrected chi connectivity index (χ0v) is 22.8. The Hall–Kier alpha value is -4.17. The van der Waals surface area contributed by atoms with Crippen LogP contribution in [0.15, 0.2) is 81.7 Å². The molecule has 0 N–H and O–H groups in total. The summed E-state index contributed by atoms with van der Waals surface area (Å²) in [7, 11) is 5.56. The number of benzene rings is 3. The Bertz CT molecular complexity index is 1750. The fraction of sp³-hybridized carbons (Fsp3) is 0.233. The average Bonchev–Trinajstić information content (AvgIpc) is 3.21. The predicted molar refractivity (Wildman–Crippen MR) is 152 cm³/mol. The van der Waals surface area contributed by atoms with Gasteiger partial charge in [0, 0.05) is 25.3 Å². The number of aromatic nitrogens is 1. The molecule has 0 spiro atoms. The molecule has 3 aromatic carbocycles. The molecule has 0 bridgehead atoms. The van der Waals surface area contributed by atoms with Gasteiger partial charge in [-0.05, 0) is 54.5 Å². The van der Waals surface area contributed by atoms with Gasteiger partial charge in [-0.1, -0.05) is 53.8 Å². The highest BCUT2D eigenvalue weighted by Gasteiger charge is 2.36. The van der Waals surface area contributed by atoms with Gasteiger partial charge in [0.15, 0.2) is 4.80 Å². The first-order chi connectivity index (χ1) is 18.3. The predicted octanol–water partition coefficient (Wildman–Crippen LogP) is 4.03. The number of hydrogen-bond acceptors (Lipinski definition) is 7. The van der Waals surface area contributed by atoms with Crippen molar-refractivity contribution >= 4 is 39.8 Å². The molecule has 1 aliphatic heterocycles. The van der Waals surface area contributed by atoms with Crippen molar-refractivity contribution < 1.29 is 14.3 Å². The quantitative estimate of drug-likeness (QED) is 0.354. The molecule has 0 unspecified atom stereocenters. The lowest BCUT2D eigenvalue weighted by Gasteiger charge is -2.27. The van der Waals surface area contributed by atoms with Gasteiger partial charge in [-0.15, -0.1) is 0 Å². The number of rotatable bonds is 6. The van der Waals surface area contributed by atoms with Gasteiger partial charge in [-0.25, -0.2) is 9.79 Å². The van der Waals surface area contributed by atoms with Crippen molar-refractivity contribution in [1.82, 2.24) is 4.57 Å². The SMILES string of the molecule is CCOC(=O)C1=C(C)N=c2s/c(=C\c3ccc(N(C)C)cc3)c(=O)n2[C@H]1c1c(OC)ccc2ccccc12. The molecular weight excluding hydrogens is 498 g/mol. The maximum absolute atomic E-state index is 14.0. The first-order valence-corrected chi connectivity index (χ1v) is 13.2. The number of nitrogens with zero attached hydrogens (tertiary/aromatic N) is 3. The van der Waals surface area contributed by atoms with E-state index in [1.165, 1.54) is 11.3 Å². The second-order valence-electron chi connectivity index (χ2n) is 9.19. The number of carbonyl (C=O) groups excluding carboxylic acids is 1. The molecule has 0 fully saturated rings. The molecule has 0 amide bonds. The van der Waals surface area contributed by atoms with Gasteiger partial charge in [0.2, 0.25) is 0 Å². The summed E-state index contributed by atoms with van der Waals surface area (Å²) in [6, 6.07) is 18.9. The van der Waals surface area contributed by atoms with Gasteiger partial charge in [-0.3, -0.25) is 9.36 Å². The van der Waals surface area contributed by atoms with Crippen molar-refractivity contribution in [3.63, 3.8) is 0 Å². The zero-order valence-electron chi connectivity index (χ0n) is 22.0. The first kappa shape index (κ1) is 25.5. The topological polar surface area (TPSA) is 73.1 Å². The van der Waals surface area contributed by atoms with Crippen LogP contribution in [0.25, 0.3) is 16.8 Å². The van der Waals surface area contributed by atoms with Crippen molar-refractivity contribution in [3.05, 3.63) is 103 Å². The van der Waals surface area contributed by atoms with E-state index in [4.69, 9.17) is 14.5 Å². The lowest BCUT2D eigenvalue weighted by Crippen LogP contribution is -2.40. The molecule has 1 atom stereocenters. The summed E-state index contributed by atoms with van der Waals surface area (Å²) in [5, 5.41) is 1.87. The van der Waals surface area contributed by atoms with Crippen LogP contribution in [0.1, 0.15) is 31.0 Å². The van der Waals surface area contributed by atoms with Gasteiger partial charge < -0.3 is 14.4 Å². The third-order valence-electron chi connectivity index (χ3n) is 6.65. The van der Waals surface area contributed by atoms with Crippen molar-refractivity contribution in [1.29, 1.82) is 0 Å². The van der Waals surface area contributed by atoms with E-state index in [0.717, 1.165) is 27.6 Å². The Morgan fingerprint density at radius 2 is 1.84 bits per heavy atom. The molecule has 38 heavy (non-hydrogen) atoms. The van der Waals surface area contributed by atoms with E-state index in [9.17, 15) is 9.59 Å². The molecule has 5 rings (SSSR count).